The second-order valence-corrected chi connectivity index (χ2v) is 17.2. The summed E-state index contributed by atoms with van der Waals surface area (Å²) >= 11 is 12.4. The Morgan fingerprint density at radius 2 is 1.06 bits per heavy atom. The Morgan fingerprint density at radius 1 is 0.603 bits per heavy atom. The second-order valence-electron chi connectivity index (χ2n) is 14.4. The molecule has 3 heterocycles. The van der Waals surface area contributed by atoms with Gasteiger partial charge in [0.2, 0.25) is 15.8 Å². The molecule has 0 saturated carbocycles. The molecule has 0 aliphatic carbocycles. The molecule has 5 aromatic rings. The maximum atomic E-state index is 13.0. The number of nitrogens with zero attached hydrogens (tertiary/aromatic N) is 4. The molecular formula is C42H37Cl2F9N6O8S. The van der Waals surface area contributed by atoms with Gasteiger partial charge in [-0.1, -0.05) is 53.5 Å². The van der Waals surface area contributed by atoms with Gasteiger partial charge in [-0.05, 0) is 95.8 Å². The average Bonchev–Trinajstić information content (AvgIpc) is 3.25. The smallest absolute Gasteiger partial charge is 0.475 e. The number of carboxylic acid groups (broad SMARTS) is 3. The molecule has 5 N–H and O–H groups in total. The van der Waals surface area contributed by atoms with Crippen LogP contribution in [-0.2, 0) is 50.2 Å². The van der Waals surface area contributed by atoms with Crippen molar-refractivity contribution >= 4 is 74.1 Å². The number of halogens is 11. The summed E-state index contributed by atoms with van der Waals surface area (Å²) in [5.74, 6) is -7.22. The molecule has 0 atom stereocenters. The predicted molar refractivity (Wildman–Crippen MR) is 229 cm³/mol. The molecule has 1 saturated heterocycles. The lowest BCUT2D eigenvalue weighted by Crippen LogP contribution is -2.45. The molecule has 1 aromatic heterocycles. The minimum atomic E-state index is -5.08. The van der Waals surface area contributed by atoms with Crippen molar-refractivity contribution in [3.8, 4) is 0 Å². The molecule has 0 unspecified atom stereocenters. The Kier molecular flexibility index (Phi) is 18.6. The zero-order chi connectivity index (χ0) is 50.6. The number of aryl methyl sites for hydroxylation is 2. The van der Waals surface area contributed by atoms with Gasteiger partial charge in [0.15, 0.2) is 5.82 Å². The Bertz CT molecular complexity index is 2600. The number of piperazine rings is 1. The number of carboxylic acids is 3. The lowest BCUT2D eigenvalue weighted by molar-refractivity contribution is -0.193. The fourth-order valence-corrected chi connectivity index (χ4v) is 7.62. The minimum Gasteiger partial charge on any atom is -0.475 e. The Morgan fingerprint density at radius 3 is 1.56 bits per heavy atom. The van der Waals surface area contributed by atoms with Crippen LogP contribution in [0.5, 0.6) is 0 Å². The van der Waals surface area contributed by atoms with E-state index in [9.17, 15) is 47.9 Å². The zero-order valence-corrected chi connectivity index (χ0v) is 37.0. The number of aromatic nitrogens is 2. The molecule has 366 valence electrons. The van der Waals surface area contributed by atoms with Crippen molar-refractivity contribution in [2.45, 2.75) is 54.3 Å². The highest BCUT2D eigenvalue weighted by molar-refractivity contribution is 7.91. The van der Waals surface area contributed by atoms with Crippen molar-refractivity contribution in [3.63, 3.8) is 0 Å². The second kappa shape index (κ2) is 23.2. The van der Waals surface area contributed by atoms with Crippen molar-refractivity contribution in [3.05, 3.63) is 129 Å². The number of rotatable bonds is 6. The molecule has 68 heavy (non-hydrogen) atoms. The first-order valence-electron chi connectivity index (χ1n) is 19.3. The van der Waals surface area contributed by atoms with Gasteiger partial charge in [0.05, 0.1) is 16.0 Å². The van der Waals surface area contributed by atoms with Crippen LogP contribution in [0.1, 0.15) is 22.3 Å². The summed E-state index contributed by atoms with van der Waals surface area (Å²) in [5, 5.41) is 29.1. The highest BCUT2D eigenvalue weighted by Gasteiger charge is 2.39. The first kappa shape index (κ1) is 54.4. The van der Waals surface area contributed by atoms with Gasteiger partial charge < -0.3 is 26.0 Å². The number of nitrogens with one attached hydrogen (secondary N) is 2. The van der Waals surface area contributed by atoms with Gasteiger partial charge in [0, 0.05) is 55.7 Å². The molecule has 7 rings (SSSR count). The number of anilines is 4. The molecule has 14 nitrogen and oxygen atoms in total. The lowest BCUT2D eigenvalue weighted by atomic mass is 10.0. The summed E-state index contributed by atoms with van der Waals surface area (Å²) in [6.07, 6.45) is -11.8. The maximum Gasteiger partial charge on any atom is 0.490 e. The van der Waals surface area contributed by atoms with Crippen LogP contribution < -0.4 is 10.6 Å². The van der Waals surface area contributed by atoms with Crippen molar-refractivity contribution in [2.24, 2.45) is 0 Å². The maximum absolute atomic E-state index is 13.0. The highest BCUT2D eigenvalue weighted by Crippen LogP contribution is 2.29. The van der Waals surface area contributed by atoms with Crippen LogP contribution in [0, 0.1) is 0 Å². The number of hydrogen-bond acceptors (Lipinski definition) is 11. The van der Waals surface area contributed by atoms with Gasteiger partial charge in [-0.3, -0.25) is 9.80 Å². The predicted octanol–water partition coefficient (Wildman–Crippen LogP) is 9.42. The third-order valence-corrected chi connectivity index (χ3v) is 11.6. The van der Waals surface area contributed by atoms with Gasteiger partial charge in [-0.2, -0.15) is 44.5 Å². The average molecular weight is 1030 g/mol. The van der Waals surface area contributed by atoms with Crippen molar-refractivity contribution in [2.75, 3.05) is 36.8 Å². The number of fused-ring (bicyclic) bond motifs is 6. The van der Waals surface area contributed by atoms with E-state index in [-0.39, 0.29) is 9.79 Å². The van der Waals surface area contributed by atoms with E-state index >= 15 is 0 Å². The van der Waals surface area contributed by atoms with Gasteiger partial charge in [-0.15, -0.1) is 0 Å². The molecule has 2 aliphatic heterocycles. The number of benzene rings is 4. The highest BCUT2D eigenvalue weighted by atomic mass is 35.5. The van der Waals surface area contributed by atoms with E-state index in [1.807, 2.05) is 18.2 Å². The topological polar surface area (TPSA) is 202 Å². The normalized spacial score (nSPS) is 14.2. The lowest BCUT2D eigenvalue weighted by Gasteiger charge is -2.35. The van der Waals surface area contributed by atoms with E-state index in [1.54, 1.807) is 30.5 Å². The molecule has 0 amide bonds. The Hall–Kier alpha value is -6.21. The van der Waals surface area contributed by atoms with E-state index in [0.29, 0.717) is 21.8 Å². The molecule has 1 fully saturated rings. The molecule has 2 aliphatic rings. The molecule has 0 radical (unpaired) electrons. The first-order chi connectivity index (χ1) is 31.6. The van der Waals surface area contributed by atoms with Gasteiger partial charge in [-0.25, -0.2) is 27.8 Å². The quantitative estimate of drug-likeness (QED) is 0.101. The monoisotopic (exact) mass is 1030 g/mol. The third kappa shape index (κ3) is 17.1. The first-order valence-corrected chi connectivity index (χ1v) is 21.6. The van der Waals surface area contributed by atoms with Crippen LogP contribution in [0.15, 0.2) is 107 Å². The van der Waals surface area contributed by atoms with Crippen LogP contribution in [0.3, 0.4) is 0 Å². The van der Waals surface area contributed by atoms with Crippen molar-refractivity contribution in [1.82, 2.24) is 19.8 Å². The van der Waals surface area contributed by atoms with Gasteiger partial charge in [0.1, 0.15) is 5.02 Å². The standard InChI is InChI=1S/C36H34Cl2N6O2S.3C2HF3O2/c37-29-8-12-33(13-9-29)47(45,46)32-10-6-26(7-11-32)23-43-14-16-44(17-15-43)24-28-18-27-5-4-25-2-1-3-30(19-25)41-36-39-22-34(38)35(42-36)40-31(20-27)21-28;3*3-2(4,5)1(6)7/h1-3,6-13,18-22H,4-5,14-17,23-24H2,(H2,39,40,41,42);3*(H,6,7). The molecule has 4 aromatic carbocycles. The van der Waals surface area contributed by atoms with Crippen LogP contribution in [0.2, 0.25) is 10.0 Å². The number of alkyl halides is 9. The summed E-state index contributed by atoms with van der Waals surface area (Å²) in [7, 11) is -3.59. The SMILES string of the molecule is O=C(O)C(F)(F)F.O=C(O)C(F)(F)F.O=C(O)C(F)(F)F.O=S(=O)(c1ccc(Cl)cc1)c1ccc(CN2CCN(Cc3cc4cc(c3)Nc3nc(ncc3Cl)Nc3cccc(c3)CC4)CC2)cc1. The van der Waals surface area contributed by atoms with Crippen molar-refractivity contribution in [1.29, 1.82) is 0 Å². The number of hydrogen-bond donors (Lipinski definition) is 5. The van der Waals surface area contributed by atoms with Crippen molar-refractivity contribution < 1.29 is 77.6 Å². The summed E-state index contributed by atoms with van der Waals surface area (Å²) < 4.78 is 121. The molecule has 26 heteroatoms. The Balaban J connectivity index is 0.000000400. The largest absolute Gasteiger partial charge is 0.490 e. The van der Waals surface area contributed by atoms with E-state index < -0.39 is 46.3 Å². The van der Waals surface area contributed by atoms with Crippen LogP contribution in [-0.4, -0.2) is 106 Å². The summed E-state index contributed by atoms with van der Waals surface area (Å²) in [6.45, 7) is 5.35. The fraction of sp³-hybridized carbons (Fsp3) is 0.262. The minimum absolute atomic E-state index is 0.239. The van der Waals surface area contributed by atoms with E-state index in [0.717, 1.165) is 69.0 Å². The van der Waals surface area contributed by atoms with Crippen LogP contribution >= 0.6 is 23.2 Å². The van der Waals surface area contributed by atoms with Gasteiger partial charge >= 0.3 is 36.4 Å². The summed E-state index contributed by atoms with van der Waals surface area (Å²) in [5.41, 5.74) is 6.73. The molecule has 6 bridgehead atoms. The number of aliphatic carboxylic acids is 3. The summed E-state index contributed by atoms with van der Waals surface area (Å²) in [6, 6.07) is 28.5. The van der Waals surface area contributed by atoms with E-state index in [2.05, 4.69) is 66.8 Å². The van der Waals surface area contributed by atoms with E-state index in [1.165, 1.54) is 28.8 Å². The molecule has 0 spiro atoms. The van der Waals surface area contributed by atoms with E-state index in [4.69, 9.17) is 52.9 Å². The summed E-state index contributed by atoms with van der Waals surface area (Å²) in [4.78, 5) is 41.1. The fourth-order valence-electron chi connectivity index (χ4n) is 6.09. The third-order valence-electron chi connectivity index (χ3n) is 9.31. The van der Waals surface area contributed by atoms with Crippen LogP contribution in [0.25, 0.3) is 0 Å². The van der Waals surface area contributed by atoms with Gasteiger partial charge in [0.25, 0.3) is 0 Å². The number of carbonyl (C=O) groups is 3. The molecular weight excluding hydrogens is 990 g/mol. The number of sulfone groups is 1. The van der Waals surface area contributed by atoms with Crippen LogP contribution in [0.4, 0.5) is 62.7 Å². The Labute approximate surface area is 390 Å². The zero-order valence-electron chi connectivity index (χ0n) is 34.6.